The molecule has 1 aliphatic rings. The van der Waals surface area contributed by atoms with Crippen LogP contribution in [0.25, 0.3) is 10.2 Å². The summed E-state index contributed by atoms with van der Waals surface area (Å²) >= 11 is 2.59. The number of fused-ring (bicyclic) bond motifs is 1. The first kappa shape index (κ1) is 14.3. The van der Waals surface area contributed by atoms with Crippen LogP contribution in [0.5, 0.6) is 5.75 Å². The highest BCUT2D eigenvalue weighted by molar-refractivity contribution is 8.16. The lowest BCUT2D eigenvalue weighted by molar-refractivity contribution is -0.138. The molecule has 21 heavy (non-hydrogen) atoms. The maximum Gasteiger partial charge on any atom is 0.329 e. The van der Waals surface area contributed by atoms with Crippen molar-refractivity contribution in [1.82, 2.24) is 4.98 Å². The number of carboxylic acids is 1. The smallest absolute Gasteiger partial charge is 0.329 e. The molecule has 0 amide bonds. The maximum absolute atomic E-state index is 13.3. The Morgan fingerprint density at radius 3 is 2.76 bits per heavy atom. The van der Waals surface area contributed by atoms with E-state index < -0.39 is 28.3 Å². The number of carboxylic acid groups (broad SMARTS) is 1. The summed E-state index contributed by atoms with van der Waals surface area (Å²) in [5, 5.41) is 19.7. The van der Waals surface area contributed by atoms with Gasteiger partial charge < -0.3 is 10.2 Å². The topological polar surface area (TPSA) is 82.8 Å². The van der Waals surface area contributed by atoms with E-state index >= 15 is 0 Å². The van der Waals surface area contributed by atoms with E-state index in [1.165, 1.54) is 29.2 Å². The van der Waals surface area contributed by atoms with Crippen LogP contribution in [0.4, 0.5) is 4.39 Å². The summed E-state index contributed by atoms with van der Waals surface area (Å²) in [6.45, 7) is 3.62. The highest BCUT2D eigenvalue weighted by Gasteiger charge is 2.43. The zero-order valence-corrected chi connectivity index (χ0v) is 12.8. The van der Waals surface area contributed by atoms with Gasteiger partial charge in [0.1, 0.15) is 10.1 Å². The molecule has 1 aromatic heterocycles. The van der Waals surface area contributed by atoms with Crippen LogP contribution in [-0.2, 0) is 4.79 Å². The van der Waals surface area contributed by atoms with Crippen molar-refractivity contribution in [2.24, 2.45) is 4.99 Å². The number of phenolic OH excluding ortho intramolecular Hbond substituents is 1. The monoisotopic (exact) mass is 326 g/mol. The summed E-state index contributed by atoms with van der Waals surface area (Å²) in [5.74, 6) is -2.14. The summed E-state index contributed by atoms with van der Waals surface area (Å²) in [6, 6.07) is 1.63. The lowest BCUT2D eigenvalue weighted by Crippen LogP contribution is -2.34. The third-order valence-electron chi connectivity index (χ3n) is 3.14. The third kappa shape index (κ3) is 2.38. The first-order valence-electron chi connectivity index (χ1n) is 6.07. The van der Waals surface area contributed by atoms with Crippen molar-refractivity contribution in [3.63, 3.8) is 0 Å². The van der Waals surface area contributed by atoms with Gasteiger partial charge >= 0.3 is 5.97 Å². The van der Waals surface area contributed by atoms with Crippen molar-refractivity contribution in [2.45, 2.75) is 24.6 Å². The Morgan fingerprint density at radius 1 is 1.43 bits per heavy atom. The van der Waals surface area contributed by atoms with E-state index in [1.807, 2.05) is 13.8 Å². The van der Waals surface area contributed by atoms with E-state index in [0.717, 1.165) is 6.07 Å². The molecule has 0 radical (unpaired) electrons. The summed E-state index contributed by atoms with van der Waals surface area (Å²) in [7, 11) is 0. The van der Waals surface area contributed by atoms with Gasteiger partial charge in [0.15, 0.2) is 17.6 Å². The van der Waals surface area contributed by atoms with Crippen molar-refractivity contribution in [3.8, 4) is 5.75 Å². The number of rotatable bonds is 2. The molecule has 8 heteroatoms. The molecule has 110 valence electrons. The van der Waals surface area contributed by atoms with Crippen LogP contribution < -0.4 is 0 Å². The van der Waals surface area contributed by atoms with E-state index in [4.69, 9.17) is 0 Å². The van der Waals surface area contributed by atoms with Crippen LogP contribution >= 0.6 is 23.1 Å². The fraction of sp³-hybridized carbons (Fsp3) is 0.308. The highest BCUT2D eigenvalue weighted by Crippen LogP contribution is 2.41. The minimum atomic E-state index is -0.979. The lowest BCUT2D eigenvalue weighted by atomic mass is 10.0. The Kier molecular flexibility index (Phi) is 3.18. The van der Waals surface area contributed by atoms with Crippen molar-refractivity contribution >= 4 is 44.3 Å². The molecule has 1 aliphatic heterocycles. The van der Waals surface area contributed by atoms with Gasteiger partial charge in [-0.05, 0) is 13.8 Å². The van der Waals surface area contributed by atoms with Crippen molar-refractivity contribution in [3.05, 3.63) is 23.0 Å². The molecule has 2 N–H and O–H groups in total. The number of benzene rings is 1. The molecular formula is C13H11FN2O3S2. The molecule has 5 nitrogen and oxygen atoms in total. The van der Waals surface area contributed by atoms with Gasteiger partial charge in [0.2, 0.25) is 0 Å². The average Bonchev–Trinajstić information content (AvgIpc) is 2.90. The molecule has 0 aliphatic carbocycles. The molecule has 2 heterocycles. The predicted molar refractivity (Wildman–Crippen MR) is 80.9 cm³/mol. The quantitative estimate of drug-likeness (QED) is 0.887. The number of aliphatic imine (C=N–C) groups is 1. The first-order chi connectivity index (χ1) is 9.78. The molecule has 1 atom stereocenters. The molecule has 0 spiro atoms. The van der Waals surface area contributed by atoms with Gasteiger partial charge in [0.05, 0.1) is 10.2 Å². The Bertz CT molecular complexity index is 746. The second-order valence-electron chi connectivity index (χ2n) is 5.17. The minimum absolute atomic E-state index is 0.421. The Balaban J connectivity index is 2.05. The van der Waals surface area contributed by atoms with Crippen LogP contribution in [0.1, 0.15) is 18.9 Å². The number of carbonyl (C=O) groups is 1. The first-order valence-corrected chi connectivity index (χ1v) is 7.70. The second-order valence-corrected chi connectivity index (χ2v) is 7.84. The Hall–Kier alpha value is -1.67. The number of hydrogen-bond acceptors (Lipinski definition) is 6. The number of halogens is 1. The summed E-state index contributed by atoms with van der Waals surface area (Å²) in [6.07, 6.45) is 0. The standard InChI is InChI=1S/C13H11FN2O3S2/c1-13(2)9(12(18)19)16-11(21-13)10-15-6-3-5(14)7(17)4-8(6)20-10/h3-4,9,17H,1-2H3,(H,18,19). The fourth-order valence-electron chi connectivity index (χ4n) is 2.08. The van der Waals surface area contributed by atoms with Crippen LogP contribution in [0.3, 0.4) is 0 Å². The average molecular weight is 326 g/mol. The van der Waals surface area contributed by atoms with Gasteiger partial charge in [-0.1, -0.05) is 11.8 Å². The van der Waals surface area contributed by atoms with Crippen molar-refractivity contribution in [2.75, 3.05) is 0 Å². The van der Waals surface area contributed by atoms with E-state index in [-0.39, 0.29) is 0 Å². The van der Waals surface area contributed by atoms with E-state index in [1.54, 1.807) is 0 Å². The Labute approximate surface area is 127 Å². The fourth-order valence-corrected chi connectivity index (χ4v) is 4.26. The van der Waals surface area contributed by atoms with Crippen molar-refractivity contribution in [1.29, 1.82) is 0 Å². The highest BCUT2D eigenvalue weighted by atomic mass is 32.2. The predicted octanol–water partition coefficient (Wildman–Crippen LogP) is 2.87. The SMILES string of the molecule is CC1(C)SC(c2nc3cc(F)c(O)cc3s2)=NC1C(=O)O. The number of aliphatic carboxylic acids is 1. The number of thioether (sulfide) groups is 1. The molecule has 0 fully saturated rings. The second kappa shape index (κ2) is 4.67. The molecule has 3 rings (SSSR count). The number of thiazole rings is 1. The van der Waals surface area contributed by atoms with Gasteiger partial charge in [-0.2, -0.15) is 0 Å². The largest absolute Gasteiger partial charge is 0.505 e. The van der Waals surface area contributed by atoms with Crippen LogP contribution in [-0.4, -0.2) is 37.0 Å². The molecule has 0 saturated carbocycles. The van der Waals surface area contributed by atoms with E-state index in [2.05, 4.69) is 9.98 Å². The third-order valence-corrected chi connectivity index (χ3v) is 5.53. The van der Waals surface area contributed by atoms with Crippen LogP contribution in [0, 0.1) is 5.82 Å². The Morgan fingerprint density at radius 2 is 2.14 bits per heavy atom. The van der Waals surface area contributed by atoms with E-state index in [9.17, 15) is 19.4 Å². The zero-order valence-electron chi connectivity index (χ0n) is 11.1. The molecule has 1 unspecified atom stereocenters. The van der Waals surface area contributed by atoms with Gasteiger partial charge in [0.25, 0.3) is 0 Å². The van der Waals surface area contributed by atoms with Crippen LogP contribution in [0.2, 0.25) is 0 Å². The number of aromatic nitrogens is 1. The van der Waals surface area contributed by atoms with Gasteiger partial charge in [-0.25, -0.2) is 14.2 Å². The van der Waals surface area contributed by atoms with Gasteiger partial charge in [0, 0.05) is 16.9 Å². The van der Waals surface area contributed by atoms with Gasteiger partial charge in [-0.3, -0.25) is 4.99 Å². The van der Waals surface area contributed by atoms with Gasteiger partial charge in [-0.15, -0.1) is 11.3 Å². The summed E-state index contributed by atoms with van der Waals surface area (Å²) < 4.78 is 13.4. The van der Waals surface area contributed by atoms with E-state index in [0.29, 0.717) is 20.3 Å². The van der Waals surface area contributed by atoms with Crippen LogP contribution in [0.15, 0.2) is 17.1 Å². The molecule has 1 aromatic carbocycles. The molecular weight excluding hydrogens is 315 g/mol. The molecule has 2 aromatic rings. The number of aromatic hydroxyl groups is 1. The zero-order chi connectivity index (χ0) is 15.4. The molecule has 0 saturated heterocycles. The summed E-state index contributed by atoms with van der Waals surface area (Å²) in [4.78, 5) is 19.7. The number of nitrogens with zero attached hydrogens (tertiary/aromatic N) is 2. The maximum atomic E-state index is 13.3. The minimum Gasteiger partial charge on any atom is -0.505 e. The number of phenols is 1. The normalized spacial score (nSPS) is 20.7. The molecule has 0 bridgehead atoms. The summed E-state index contributed by atoms with van der Waals surface area (Å²) in [5.41, 5.74) is 0.421. The van der Waals surface area contributed by atoms with Crippen molar-refractivity contribution < 1.29 is 19.4 Å². The number of hydrogen-bond donors (Lipinski definition) is 2. The lowest BCUT2D eigenvalue weighted by Gasteiger charge is -2.19.